The van der Waals surface area contributed by atoms with Crippen LogP contribution in [0, 0.1) is 0 Å². The number of nitrogens with zero attached hydrogens (tertiary/aromatic N) is 3. The SMILES string of the molecule is COc1ccc(-c2ccc([C@@]34CCCN(CC3)C4)nn2)cc1. The minimum atomic E-state index is 0.254. The van der Waals surface area contributed by atoms with Gasteiger partial charge in [0, 0.05) is 17.5 Å². The minimum absolute atomic E-state index is 0.254. The fourth-order valence-electron chi connectivity index (χ4n) is 3.86. The Bertz CT molecular complexity index is 649. The van der Waals surface area contributed by atoms with E-state index >= 15 is 0 Å². The Labute approximate surface area is 131 Å². The highest BCUT2D eigenvalue weighted by atomic mass is 16.5. The predicted molar refractivity (Wildman–Crippen MR) is 86.0 cm³/mol. The van der Waals surface area contributed by atoms with Crippen LogP contribution in [0.4, 0.5) is 0 Å². The monoisotopic (exact) mass is 295 g/mol. The molecule has 2 saturated heterocycles. The van der Waals surface area contributed by atoms with E-state index in [1.807, 2.05) is 24.3 Å². The van der Waals surface area contributed by atoms with Crippen LogP contribution in [-0.4, -0.2) is 41.8 Å². The molecule has 2 aromatic rings. The van der Waals surface area contributed by atoms with Gasteiger partial charge in [0.05, 0.1) is 18.5 Å². The number of hydrogen-bond donors (Lipinski definition) is 0. The van der Waals surface area contributed by atoms with Crippen LogP contribution in [0.3, 0.4) is 0 Å². The zero-order chi connectivity index (χ0) is 15.0. The van der Waals surface area contributed by atoms with Crippen molar-refractivity contribution < 1.29 is 4.74 Å². The number of fused-ring (bicyclic) bond motifs is 2. The largest absolute Gasteiger partial charge is 0.497 e. The van der Waals surface area contributed by atoms with Crippen molar-refractivity contribution in [3.05, 3.63) is 42.1 Å². The highest BCUT2D eigenvalue weighted by Crippen LogP contribution is 2.41. The van der Waals surface area contributed by atoms with E-state index in [1.165, 1.54) is 38.0 Å². The lowest BCUT2D eigenvalue weighted by Gasteiger charge is -2.33. The molecule has 4 rings (SSSR count). The maximum atomic E-state index is 5.20. The van der Waals surface area contributed by atoms with Crippen LogP contribution in [0.15, 0.2) is 36.4 Å². The quantitative estimate of drug-likeness (QED) is 0.872. The summed E-state index contributed by atoms with van der Waals surface area (Å²) >= 11 is 0. The third kappa shape index (κ3) is 2.28. The molecule has 0 spiro atoms. The fraction of sp³-hybridized carbons (Fsp3) is 0.444. The number of methoxy groups -OCH3 is 1. The van der Waals surface area contributed by atoms with Crippen LogP contribution in [0.25, 0.3) is 11.3 Å². The fourth-order valence-corrected chi connectivity index (χ4v) is 3.86. The summed E-state index contributed by atoms with van der Waals surface area (Å²) in [4.78, 5) is 2.56. The number of benzene rings is 1. The van der Waals surface area contributed by atoms with E-state index in [0.29, 0.717) is 0 Å². The first-order valence-corrected chi connectivity index (χ1v) is 8.00. The van der Waals surface area contributed by atoms with Gasteiger partial charge in [-0.3, -0.25) is 0 Å². The van der Waals surface area contributed by atoms with Crippen molar-refractivity contribution in [1.82, 2.24) is 15.1 Å². The standard InChI is InChI=1S/C18H21N3O/c1-22-15-5-3-14(4-6-15)16-7-8-17(20-19-16)18-9-2-11-21(13-18)12-10-18/h3-8H,2,9-13H2,1H3/t18-/m0/s1. The Morgan fingerprint density at radius 3 is 2.59 bits per heavy atom. The second kappa shape index (κ2) is 5.36. The molecule has 2 atom stereocenters. The Balaban J connectivity index is 1.60. The minimum Gasteiger partial charge on any atom is -0.497 e. The van der Waals surface area contributed by atoms with Gasteiger partial charge < -0.3 is 9.64 Å². The Morgan fingerprint density at radius 2 is 1.86 bits per heavy atom. The van der Waals surface area contributed by atoms with Gasteiger partial charge in [0.1, 0.15) is 5.75 Å². The van der Waals surface area contributed by atoms with Crippen LogP contribution in [0.2, 0.25) is 0 Å². The van der Waals surface area contributed by atoms with E-state index < -0.39 is 0 Å². The first kappa shape index (κ1) is 13.7. The van der Waals surface area contributed by atoms with E-state index in [9.17, 15) is 0 Å². The van der Waals surface area contributed by atoms with E-state index in [2.05, 4.69) is 27.2 Å². The topological polar surface area (TPSA) is 38.2 Å². The molecule has 0 amide bonds. The van der Waals surface area contributed by atoms with Crippen molar-refractivity contribution in [3.8, 4) is 17.0 Å². The molecule has 114 valence electrons. The van der Waals surface area contributed by atoms with Crippen LogP contribution in [0.5, 0.6) is 5.75 Å². The Morgan fingerprint density at radius 1 is 1.00 bits per heavy atom. The molecule has 1 unspecified atom stereocenters. The van der Waals surface area contributed by atoms with E-state index in [4.69, 9.17) is 4.74 Å². The molecular formula is C18H21N3O. The van der Waals surface area contributed by atoms with Crippen LogP contribution in [0.1, 0.15) is 25.0 Å². The summed E-state index contributed by atoms with van der Waals surface area (Å²) in [6.07, 6.45) is 3.76. The van der Waals surface area contributed by atoms with Gasteiger partial charge in [-0.25, -0.2) is 0 Å². The van der Waals surface area contributed by atoms with Gasteiger partial charge in [0.2, 0.25) is 0 Å². The predicted octanol–water partition coefficient (Wildman–Crippen LogP) is 2.89. The van der Waals surface area contributed by atoms with Crippen molar-refractivity contribution in [2.24, 2.45) is 0 Å². The van der Waals surface area contributed by atoms with Crippen molar-refractivity contribution in [3.63, 3.8) is 0 Å². The smallest absolute Gasteiger partial charge is 0.118 e. The molecule has 2 aliphatic heterocycles. The summed E-state index contributed by atoms with van der Waals surface area (Å²) in [5.41, 5.74) is 3.43. The van der Waals surface area contributed by atoms with Gasteiger partial charge >= 0.3 is 0 Å². The molecule has 0 saturated carbocycles. The Hall–Kier alpha value is -1.94. The first-order valence-electron chi connectivity index (χ1n) is 8.00. The van der Waals surface area contributed by atoms with Crippen molar-refractivity contribution in [2.75, 3.05) is 26.7 Å². The van der Waals surface area contributed by atoms with Crippen molar-refractivity contribution in [1.29, 1.82) is 0 Å². The highest BCUT2D eigenvalue weighted by Gasteiger charge is 2.43. The Kier molecular flexibility index (Phi) is 3.34. The zero-order valence-electron chi connectivity index (χ0n) is 13.0. The molecule has 2 bridgehead atoms. The average Bonchev–Trinajstić information content (AvgIpc) is 2.90. The lowest BCUT2D eigenvalue weighted by molar-refractivity contribution is 0.239. The maximum absolute atomic E-state index is 5.20. The molecule has 0 aliphatic carbocycles. The molecular weight excluding hydrogens is 274 g/mol. The molecule has 2 aliphatic rings. The third-order valence-electron chi connectivity index (χ3n) is 5.16. The number of piperidine rings is 1. The summed E-state index contributed by atoms with van der Waals surface area (Å²) in [5, 5.41) is 9.06. The zero-order valence-corrected chi connectivity index (χ0v) is 13.0. The highest BCUT2D eigenvalue weighted by molar-refractivity contribution is 5.59. The van der Waals surface area contributed by atoms with E-state index in [1.54, 1.807) is 7.11 Å². The van der Waals surface area contributed by atoms with E-state index in [0.717, 1.165) is 23.6 Å². The molecule has 3 heterocycles. The molecule has 4 heteroatoms. The average molecular weight is 295 g/mol. The molecule has 0 N–H and O–H groups in total. The number of hydrogen-bond acceptors (Lipinski definition) is 4. The summed E-state index contributed by atoms with van der Waals surface area (Å²) < 4.78 is 5.20. The van der Waals surface area contributed by atoms with Gasteiger partial charge in [-0.1, -0.05) is 0 Å². The second-order valence-electron chi connectivity index (χ2n) is 6.44. The molecule has 22 heavy (non-hydrogen) atoms. The third-order valence-corrected chi connectivity index (χ3v) is 5.16. The van der Waals surface area contributed by atoms with Crippen molar-refractivity contribution in [2.45, 2.75) is 24.7 Å². The number of rotatable bonds is 3. The van der Waals surface area contributed by atoms with Gasteiger partial charge in [-0.05, 0) is 68.8 Å². The lowest BCUT2D eigenvalue weighted by atomic mass is 9.78. The van der Waals surface area contributed by atoms with Gasteiger partial charge in [0.25, 0.3) is 0 Å². The molecule has 1 aromatic heterocycles. The summed E-state index contributed by atoms with van der Waals surface area (Å²) in [6.45, 7) is 3.62. The van der Waals surface area contributed by atoms with Gasteiger partial charge in [-0.2, -0.15) is 10.2 Å². The van der Waals surface area contributed by atoms with Gasteiger partial charge in [0.15, 0.2) is 0 Å². The van der Waals surface area contributed by atoms with Crippen molar-refractivity contribution >= 4 is 0 Å². The van der Waals surface area contributed by atoms with Crippen LogP contribution < -0.4 is 4.74 Å². The van der Waals surface area contributed by atoms with Crippen LogP contribution >= 0.6 is 0 Å². The summed E-state index contributed by atoms with van der Waals surface area (Å²) in [7, 11) is 1.68. The summed E-state index contributed by atoms with van der Waals surface area (Å²) in [6, 6.07) is 12.3. The van der Waals surface area contributed by atoms with Gasteiger partial charge in [-0.15, -0.1) is 0 Å². The molecule has 2 fully saturated rings. The summed E-state index contributed by atoms with van der Waals surface area (Å²) in [5.74, 6) is 0.862. The normalized spacial score (nSPS) is 26.9. The molecule has 0 radical (unpaired) electrons. The second-order valence-corrected chi connectivity index (χ2v) is 6.44. The number of aromatic nitrogens is 2. The lowest BCUT2D eigenvalue weighted by Crippen LogP contribution is -2.37. The number of ether oxygens (including phenoxy) is 1. The molecule has 4 nitrogen and oxygen atoms in total. The van der Waals surface area contributed by atoms with Crippen LogP contribution in [-0.2, 0) is 5.41 Å². The maximum Gasteiger partial charge on any atom is 0.118 e. The molecule has 1 aromatic carbocycles. The van der Waals surface area contributed by atoms with E-state index in [-0.39, 0.29) is 5.41 Å². The first-order chi connectivity index (χ1) is 10.8.